The van der Waals surface area contributed by atoms with E-state index in [0.717, 1.165) is 16.5 Å². The monoisotopic (exact) mass is 311 g/mol. The van der Waals surface area contributed by atoms with Crippen molar-refractivity contribution in [2.75, 3.05) is 6.54 Å². The van der Waals surface area contributed by atoms with Gasteiger partial charge in [0.15, 0.2) is 0 Å². The molecule has 1 unspecified atom stereocenters. The Labute approximate surface area is 122 Å². The molecular weight excluding hydrogens is 294 g/mol. The van der Waals surface area contributed by atoms with Gasteiger partial charge in [-0.15, -0.1) is 0 Å². The number of nitrogens with one attached hydrogen (secondary N) is 3. The Morgan fingerprint density at radius 3 is 2.76 bits per heavy atom. The molecule has 0 fully saturated rings. The van der Waals surface area contributed by atoms with E-state index in [1.54, 1.807) is 13.1 Å². The molecule has 1 aromatic carbocycles. The van der Waals surface area contributed by atoms with E-state index >= 15 is 0 Å². The Kier molecular flexibility index (Phi) is 4.61. The molecule has 4 N–H and O–H groups in total. The number of hydrogen-bond donors (Lipinski definition) is 4. The molecule has 0 aliphatic carbocycles. The first-order chi connectivity index (χ1) is 9.93. The van der Waals surface area contributed by atoms with Gasteiger partial charge < -0.3 is 10.1 Å². The predicted octanol–water partition coefficient (Wildman–Crippen LogP) is 0.607. The largest absolute Gasteiger partial charge is 0.480 e. The number of benzene rings is 1. The fourth-order valence-corrected chi connectivity index (χ4v) is 3.14. The Balaban J connectivity index is 2.23. The SMILES string of the molecule is CCNS(=O)(=O)NC(Cc1c[nH]c2ccccc12)C(=O)O. The quantitative estimate of drug-likeness (QED) is 0.600. The molecule has 1 aromatic heterocycles. The number of carboxylic acid groups (broad SMARTS) is 1. The average molecular weight is 311 g/mol. The molecule has 114 valence electrons. The topological polar surface area (TPSA) is 111 Å². The lowest BCUT2D eigenvalue weighted by Gasteiger charge is -2.14. The van der Waals surface area contributed by atoms with Crippen LogP contribution in [0.15, 0.2) is 30.5 Å². The lowest BCUT2D eigenvalue weighted by molar-refractivity contribution is -0.138. The van der Waals surface area contributed by atoms with E-state index < -0.39 is 22.2 Å². The summed E-state index contributed by atoms with van der Waals surface area (Å²) in [5.41, 5.74) is 1.63. The van der Waals surface area contributed by atoms with Crippen LogP contribution in [0.25, 0.3) is 10.9 Å². The summed E-state index contributed by atoms with van der Waals surface area (Å²) in [6.45, 7) is 1.81. The van der Waals surface area contributed by atoms with Gasteiger partial charge in [0.25, 0.3) is 10.2 Å². The third-order valence-electron chi connectivity index (χ3n) is 3.03. The van der Waals surface area contributed by atoms with Crippen LogP contribution in [0.5, 0.6) is 0 Å². The fraction of sp³-hybridized carbons (Fsp3) is 0.308. The molecule has 0 aliphatic rings. The first-order valence-electron chi connectivity index (χ1n) is 6.47. The van der Waals surface area contributed by atoms with Crippen LogP contribution in [0.3, 0.4) is 0 Å². The number of fused-ring (bicyclic) bond motifs is 1. The van der Waals surface area contributed by atoms with Gasteiger partial charge in [0.1, 0.15) is 6.04 Å². The summed E-state index contributed by atoms with van der Waals surface area (Å²) in [6, 6.07) is 6.22. The summed E-state index contributed by atoms with van der Waals surface area (Å²) in [6.07, 6.45) is 1.76. The number of aromatic nitrogens is 1. The van der Waals surface area contributed by atoms with Gasteiger partial charge >= 0.3 is 5.97 Å². The first kappa shape index (κ1) is 15.5. The summed E-state index contributed by atoms with van der Waals surface area (Å²) in [5, 5.41) is 10.1. The van der Waals surface area contributed by atoms with E-state index in [1.807, 2.05) is 24.3 Å². The normalized spacial score (nSPS) is 13.4. The van der Waals surface area contributed by atoms with Crippen molar-refractivity contribution in [1.29, 1.82) is 0 Å². The highest BCUT2D eigenvalue weighted by molar-refractivity contribution is 7.87. The molecule has 2 rings (SSSR count). The third-order valence-corrected chi connectivity index (χ3v) is 4.29. The molecule has 0 spiro atoms. The molecule has 0 bridgehead atoms. The highest BCUT2D eigenvalue weighted by Gasteiger charge is 2.24. The molecule has 1 heterocycles. The van der Waals surface area contributed by atoms with Crippen LogP contribution in [0.1, 0.15) is 12.5 Å². The van der Waals surface area contributed by atoms with E-state index in [-0.39, 0.29) is 13.0 Å². The van der Waals surface area contributed by atoms with Crippen molar-refractivity contribution in [3.8, 4) is 0 Å². The van der Waals surface area contributed by atoms with Crippen LogP contribution in [0.4, 0.5) is 0 Å². The molecule has 0 radical (unpaired) electrons. The molecule has 7 nitrogen and oxygen atoms in total. The Hall–Kier alpha value is -1.90. The lowest BCUT2D eigenvalue weighted by atomic mass is 10.1. The van der Waals surface area contributed by atoms with Gasteiger partial charge in [0, 0.05) is 30.1 Å². The van der Waals surface area contributed by atoms with E-state index in [4.69, 9.17) is 0 Å². The van der Waals surface area contributed by atoms with Crippen LogP contribution >= 0.6 is 0 Å². The van der Waals surface area contributed by atoms with Gasteiger partial charge in [0.05, 0.1) is 0 Å². The zero-order valence-corrected chi connectivity index (χ0v) is 12.3. The standard InChI is InChI=1S/C13H17N3O4S/c1-2-15-21(19,20)16-12(13(17)18)7-9-8-14-11-6-4-3-5-10(9)11/h3-6,8,12,14-16H,2,7H2,1H3,(H,17,18). The van der Waals surface area contributed by atoms with Crippen LogP contribution in [0.2, 0.25) is 0 Å². The number of carbonyl (C=O) groups is 1. The van der Waals surface area contributed by atoms with Crippen LogP contribution < -0.4 is 9.44 Å². The van der Waals surface area contributed by atoms with E-state index in [9.17, 15) is 18.3 Å². The van der Waals surface area contributed by atoms with Crippen molar-refractivity contribution >= 4 is 27.1 Å². The number of hydrogen-bond acceptors (Lipinski definition) is 3. The number of carboxylic acids is 1. The summed E-state index contributed by atoms with van der Waals surface area (Å²) in [4.78, 5) is 14.3. The maximum Gasteiger partial charge on any atom is 0.322 e. The molecule has 0 amide bonds. The van der Waals surface area contributed by atoms with Crippen LogP contribution in [0, 0.1) is 0 Å². The van der Waals surface area contributed by atoms with Crippen molar-refractivity contribution in [1.82, 2.24) is 14.4 Å². The third kappa shape index (κ3) is 3.81. The zero-order valence-electron chi connectivity index (χ0n) is 11.5. The van der Waals surface area contributed by atoms with Gasteiger partial charge in [-0.3, -0.25) is 4.79 Å². The number of para-hydroxylation sites is 1. The zero-order chi connectivity index (χ0) is 15.5. The number of H-pyrrole nitrogens is 1. The summed E-state index contributed by atoms with van der Waals surface area (Å²) >= 11 is 0. The average Bonchev–Trinajstić information content (AvgIpc) is 2.81. The minimum atomic E-state index is -3.82. The fourth-order valence-electron chi connectivity index (χ4n) is 2.12. The van der Waals surface area contributed by atoms with E-state index in [2.05, 4.69) is 14.4 Å². The predicted molar refractivity (Wildman–Crippen MR) is 79.2 cm³/mol. The van der Waals surface area contributed by atoms with Gasteiger partial charge in [-0.1, -0.05) is 25.1 Å². The second-order valence-corrected chi connectivity index (χ2v) is 6.10. The Morgan fingerprint density at radius 2 is 2.10 bits per heavy atom. The molecule has 1 atom stereocenters. The van der Waals surface area contributed by atoms with Crippen molar-refractivity contribution in [2.45, 2.75) is 19.4 Å². The Morgan fingerprint density at radius 1 is 1.38 bits per heavy atom. The maximum absolute atomic E-state index is 11.6. The van der Waals surface area contributed by atoms with E-state index in [1.165, 1.54) is 0 Å². The summed E-state index contributed by atoms with van der Waals surface area (Å²) in [7, 11) is -3.82. The van der Waals surface area contributed by atoms with E-state index in [0.29, 0.717) is 0 Å². The number of aromatic amines is 1. The highest BCUT2D eigenvalue weighted by Crippen LogP contribution is 2.19. The molecular formula is C13H17N3O4S. The minimum Gasteiger partial charge on any atom is -0.480 e. The molecule has 8 heteroatoms. The Bertz CT molecular complexity index is 739. The van der Waals surface area contributed by atoms with Crippen LogP contribution in [-0.2, 0) is 21.4 Å². The second kappa shape index (κ2) is 6.25. The van der Waals surface area contributed by atoms with Gasteiger partial charge in [0.2, 0.25) is 0 Å². The van der Waals surface area contributed by atoms with Crippen LogP contribution in [-0.4, -0.2) is 37.1 Å². The summed E-state index contributed by atoms with van der Waals surface area (Å²) < 4.78 is 27.6. The van der Waals surface area contributed by atoms with Gasteiger partial charge in [-0.2, -0.15) is 13.1 Å². The number of rotatable bonds is 7. The van der Waals surface area contributed by atoms with Crippen molar-refractivity contribution < 1.29 is 18.3 Å². The van der Waals surface area contributed by atoms with Gasteiger partial charge in [-0.05, 0) is 11.6 Å². The molecule has 2 aromatic rings. The van der Waals surface area contributed by atoms with Crippen molar-refractivity contribution in [2.24, 2.45) is 0 Å². The van der Waals surface area contributed by atoms with Gasteiger partial charge in [-0.25, -0.2) is 4.72 Å². The number of aliphatic carboxylic acids is 1. The lowest BCUT2D eigenvalue weighted by Crippen LogP contribution is -2.47. The highest BCUT2D eigenvalue weighted by atomic mass is 32.2. The van der Waals surface area contributed by atoms with Crippen molar-refractivity contribution in [3.05, 3.63) is 36.0 Å². The molecule has 0 saturated carbocycles. The second-order valence-electron chi connectivity index (χ2n) is 4.57. The summed E-state index contributed by atoms with van der Waals surface area (Å²) in [5.74, 6) is -1.22. The molecule has 0 aliphatic heterocycles. The first-order valence-corrected chi connectivity index (χ1v) is 7.96. The molecule has 21 heavy (non-hydrogen) atoms. The minimum absolute atomic E-state index is 0.0595. The smallest absolute Gasteiger partial charge is 0.322 e. The maximum atomic E-state index is 11.6. The molecule has 0 saturated heterocycles. The van der Waals surface area contributed by atoms with Crippen molar-refractivity contribution in [3.63, 3.8) is 0 Å².